The average Bonchev–Trinajstić information content (AvgIpc) is 2.98. The van der Waals surface area contributed by atoms with Crippen molar-refractivity contribution >= 4 is 27.5 Å². The Labute approximate surface area is 121 Å². The number of H-pyrrole nitrogens is 1. The molecule has 3 aromatic carbocycles. The summed E-state index contributed by atoms with van der Waals surface area (Å²) in [5.41, 5.74) is 2.04. The molecule has 1 heterocycles. The highest BCUT2D eigenvalue weighted by Gasteiger charge is 2.17. The maximum atomic E-state index is 12.9. The number of para-hydroxylation sites is 1. The van der Waals surface area contributed by atoms with Gasteiger partial charge in [-0.05, 0) is 16.8 Å². The summed E-state index contributed by atoms with van der Waals surface area (Å²) in [6.07, 6.45) is 0. The van der Waals surface area contributed by atoms with Crippen LogP contribution in [0.2, 0.25) is 0 Å². The van der Waals surface area contributed by atoms with Gasteiger partial charge in [-0.25, -0.2) is 0 Å². The zero-order valence-electron chi connectivity index (χ0n) is 11.2. The van der Waals surface area contributed by atoms with E-state index in [2.05, 4.69) is 10.2 Å². The number of carbonyl (C=O) groups is 1. The van der Waals surface area contributed by atoms with Gasteiger partial charge in [0.05, 0.1) is 5.52 Å². The number of aromatic amines is 1. The summed E-state index contributed by atoms with van der Waals surface area (Å²) in [6, 6.07) is 21.3. The molecule has 3 heteroatoms. The fourth-order valence-electron chi connectivity index (χ4n) is 2.69. The second-order valence-electron chi connectivity index (χ2n) is 4.97. The highest BCUT2D eigenvalue weighted by molar-refractivity contribution is 6.20. The third-order valence-corrected chi connectivity index (χ3v) is 3.72. The predicted molar refractivity (Wildman–Crippen MR) is 83.5 cm³/mol. The van der Waals surface area contributed by atoms with Crippen molar-refractivity contribution in [3.63, 3.8) is 0 Å². The minimum absolute atomic E-state index is 0.0516. The maximum Gasteiger partial charge on any atom is 0.214 e. The van der Waals surface area contributed by atoms with E-state index < -0.39 is 0 Å². The first-order valence-corrected chi connectivity index (χ1v) is 6.80. The molecule has 1 aromatic heterocycles. The largest absolute Gasteiger partial charge is 0.287 e. The predicted octanol–water partition coefficient (Wildman–Crippen LogP) is 3.95. The van der Waals surface area contributed by atoms with Crippen molar-refractivity contribution in [3.05, 3.63) is 78.0 Å². The van der Waals surface area contributed by atoms with Crippen molar-refractivity contribution in [2.24, 2.45) is 0 Å². The fourth-order valence-corrected chi connectivity index (χ4v) is 2.69. The number of benzene rings is 3. The molecule has 3 nitrogen and oxygen atoms in total. The molecule has 0 aliphatic rings. The molecule has 0 saturated carbocycles. The Morgan fingerprint density at radius 3 is 2.43 bits per heavy atom. The van der Waals surface area contributed by atoms with Crippen LogP contribution in [-0.2, 0) is 0 Å². The van der Waals surface area contributed by atoms with Crippen LogP contribution in [0.1, 0.15) is 16.1 Å². The minimum atomic E-state index is -0.0516. The lowest BCUT2D eigenvalue weighted by atomic mass is 9.99. The summed E-state index contributed by atoms with van der Waals surface area (Å²) in [4.78, 5) is 12.9. The Morgan fingerprint density at radius 1 is 0.810 bits per heavy atom. The van der Waals surface area contributed by atoms with Crippen molar-refractivity contribution in [2.45, 2.75) is 0 Å². The van der Waals surface area contributed by atoms with E-state index in [1.807, 2.05) is 66.7 Å². The number of hydrogen-bond donors (Lipinski definition) is 1. The van der Waals surface area contributed by atoms with Crippen LogP contribution in [0.4, 0.5) is 0 Å². The number of hydrogen-bond acceptors (Lipinski definition) is 2. The van der Waals surface area contributed by atoms with Crippen LogP contribution in [0.15, 0.2) is 66.7 Å². The van der Waals surface area contributed by atoms with Gasteiger partial charge in [0.25, 0.3) is 0 Å². The highest BCUT2D eigenvalue weighted by Crippen LogP contribution is 2.24. The number of nitrogens with one attached hydrogen (secondary N) is 1. The van der Waals surface area contributed by atoms with Crippen LogP contribution in [0, 0.1) is 0 Å². The van der Waals surface area contributed by atoms with Gasteiger partial charge in [0.15, 0.2) is 0 Å². The molecule has 1 N–H and O–H groups in total. The van der Waals surface area contributed by atoms with E-state index >= 15 is 0 Å². The molecule has 0 radical (unpaired) electrons. The van der Waals surface area contributed by atoms with Crippen molar-refractivity contribution < 1.29 is 4.79 Å². The molecular formula is C18H12N2O. The molecule has 0 unspecified atom stereocenters. The number of aromatic nitrogens is 2. The third kappa shape index (κ3) is 1.82. The molecule has 0 aliphatic heterocycles. The molecule has 0 amide bonds. The Bertz CT molecular complexity index is 964. The van der Waals surface area contributed by atoms with E-state index in [9.17, 15) is 4.79 Å². The maximum absolute atomic E-state index is 12.9. The van der Waals surface area contributed by atoms with Gasteiger partial charge in [0.2, 0.25) is 5.78 Å². The minimum Gasteiger partial charge on any atom is -0.287 e. The smallest absolute Gasteiger partial charge is 0.214 e. The SMILES string of the molecule is O=C(c1cccc2ccccc12)c1n[nH]c2ccccc12. The molecule has 0 bridgehead atoms. The van der Waals surface area contributed by atoms with Crippen molar-refractivity contribution in [1.29, 1.82) is 0 Å². The van der Waals surface area contributed by atoms with Gasteiger partial charge in [-0.15, -0.1) is 0 Å². The van der Waals surface area contributed by atoms with E-state index in [0.717, 1.165) is 21.7 Å². The van der Waals surface area contributed by atoms with Gasteiger partial charge in [0.1, 0.15) is 5.69 Å². The first kappa shape index (κ1) is 11.9. The molecule has 0 aliphatic carbocycles. The van der Waals surface area contributed by atoms with Gasteiger partial charge in [0, 0.05) is 10.9 Å². The van der Waals surface area contributed by atoms with Crippen LogP contribution in [0.5, 0.6) is 0 Å². The normalized spacial score (nSPS) is 11.0. The average molecular weight is 272 g/mol. The number of ketones is 1. The number of rotatable bonds is 2. The van der Waals surface area contributed by atoms with E-state index in [1.165, 1.54) is 0 Å². The van der Waals surface area contributed by atoms with Crippen LogP contribution in [0.25, 0.3) is 21.7 Å². The summed E-state index contributed by atoms with van der Waals surface area (Å²) < 4.78 is 0. The van der Waals surface area contributed by atoms with Gasteiger partial charge >= 0.3 is 0 Å². The van der Waals surface area contributed by atoms with Gasteiger partial charge in [-0.1, -0.05) is 60.7 Å². The lowest BCUT2D eigenvalue weighted by molar-refractivity contribution is 0.103. The van der Waals surface area contributed by atoms with Crippen molar-refractivity contribution in [2.75, 3.05) is 0 Å². The Hall–Kier alpha value is -2.94. The summed E-state index contributed by atoms with van der Waals surface area (Å²) in [7, 11) is 0. The molecule has 4 rings (SSSR count). The fraction of sp³-hybridized carbons (Fsp3) is 0. The Balaban J connectivity index is 1.95. The first-order chi connectivity index (χ1) is 10.3. The highest BCUT2D eigenvalue weighted by atomic mass is 16.1. The zero-order chi connectivity index (χ0) is 14.2. The molecule has 0 fully saturated rings. The van der Waals surface area contributed by atoms with Gasteiger partial charge in [-0.3, -0.25) is 9.89 Å². The quantitative estimate of drug-likeness (QED) is 0.562. The molecular weight excluding hydrogens is 260 g/mol. The summed E-state index contributed by atoms with van der Waals surface area (Å²) in [6.45, 7) is 0. The molecule has 0 spiro atoms. The lowest BCUT2D eigenvalue weighted by Gasteiger charge is -2.04. The summed E-state index contributed by atoms with van der Waals surface area (Å²) in [5.74, 6) is -0.0516. The van der Waals surface area contributed by atoms with Gasteiger partial charge in [-0.2, -0.15) is 5.10 Å². The van der Waals surface area contributed by atoms with Crippen molar-refractivity contribution in [3.8, 4) is 0 Å². The Morgan fingerprint density at radius 2 is 1.52 bits per heavy atom. The molecule has 21 heavy (non-hydrogen) atoms. The Kier molecular flexibility index (Phi) is 2.57. The summed E-state index contributed by atoms with van der Waals surface area (Å²) >= 11 is 0. The number of carbonyl (C=O) groups excluding carboxylic acids is 1. The van der Waals surface area contributed by atoms with Gasteiger partial charge < -0.3 is 0 Å². The van der Waals surface area contributed by atoms with Crippen molar-refractivity contribution in [1.82, 2.24) is 10.2 Å². The second-order valence-corrected chi connectivity index (χ2v) is 4.97. The second kappa shape index (κ2) is 4.56. The number of fused-ring (bicyclic) bond motifs is 2. The number of nitrogens with zero attached hydrogens (tertiary/aromatic N) is 1. The lowest BCUT2D eigenvalue weighted by Crippen LogP contribution is -2.03. The molecule has 0 saturated heterocycles. The first-order valence-electron chi connectivity index (χ1n) is 6.80. The standard InChI is InChI=1S/C18H12N2O/c21-18(17-15-9-3-4-11-16(15)19-20-17)14-10-5-7-12-6-1-2-8-13(12)14/h1-11H,(H,19,20). The monoisotopic (exact) mass is 272 g/mol. The van der Waals surface area contributed by atoms with E-state index in [4.69, 9.17) is 0 Å². The molecule has 4 aromatic rings. The molecule has 100 valence electrons. The summed E-state index contributed by atoms with van der Waals surface area (Å²) in [5, 5.41) is 9.99. The zero-order valence-corrected chi connectivity index (χ0v) is 11.2. The van der Waals surface area contributed by atoms with Crippen LogP contribution in [-0.4, -0.2) is 16.0 Å². The van der Waals surface area contributed by atoms with Crippen LogP contribution >= 0.6 is 0 Å². The van der Waals surface area contributed by atoms with E-state index in [1.54, 1.807) is 0 Å². The third-order valence-electron chi connectivity index (χ3n) is 3.72. The molecule has 0 atom stereocenters. The van der Waals surface area contributed by atoms with Crippen LogP contribution < -0.4 is 0 Å². The van der Waals surface area contributed by atoms with Crippen LogP contribution in [0.3, 0.4) is 0 Å². The topological polar surface area (TPSA) is 45.8 Å². The van der Waals surface area contributed by atoms with E-state index in [-0.39, 0.29) is 5.78 Å². The van der Waals surface area contributed by atoms with E-state index in [0.29, 0.717) is 11.3 Å².